The summed E-state index contributed by atoms with van der Waals surface area (Å²) in [6.45, 7) is 6.25. The molecule has 0 saturated carbocycles. The van der Waals surface area contributed by atoms with Gasteiger partial charge in [-0.2, -0.15) is 0 Å². The number of benzene rings is 1. The first-order valence-electron chi connectivity index (χ1n) is 7.26. The minimum atomic E-state index is 0.845. The highest BCUT2D eigenvalue weighted by Crippen LogP contribution is 2.00. The van der Waals surface area contributed by atoms with Crippen molar-refractivity contribution in [3.63, 3.8) is 0 Å². The summed E-state index contributed by atoms with van der Waals surface area (Å²) in [5.74, 6) is 0. The van der Waals surface area contributed by atoms with Crippen LogP contribution in [0.5, 0.6) is 0 Å². The Labute approximate surface area is 112 Å². The molecule has 0 aromatic heterocycles. The van der Waals surface area contributed by atoms with Crippen molar-refractivity contribution in [1.29, 1.82) is 0 Å². The number of rotatable bonds is 11. The Kier molecular flexibility index (Phi) is 9.49. The number of hydrogen-bond donors (Lipinski definition) is 1. The van der Waals surface area contributed by atoms with E-state index in [0.717, 1.165) is 32.7 Å². The zero-order valence-corrected chi connectivity index (χ0v) is 11.7. The van der Waals surface area contributed by atoms with Crippen LogP contribution in [0.3, 0.4) is 0 Å². The van der Waals surface area contributed by atoms with E-state index in [9.17, 15) is 0 Å². The van der Waals surface area contributed by atoms with Crippen molar-refractivity contribution in [1.82, 2.24) is 5.32 Å². The quantitative estimate of drug-likeness (QED) is 0.607. The molecule has 102 valence electrons. The van der Waals surface area contributed by atoms with Crippen LogP contribution in [0.15, 0.2) is 30.3 Å². The first kappa shape index (κ1) is 15.2. The van der Waals surface area contributed by atoms with E-state index in [2.05, 4.69) is 42.6 Å². The third-order valence-corrected chi connectivity index (χ3v) is 2.95. The third-order valence-electron chi connectivity index (χ3n) is 2.95. The van der Waals surface area contributed by atoms with Gasteiger partial charge in [0.1, 0.15) is 0 Å². The lowest BCUT2D eigenvalue weighted by Crippen LogP contribution is -2.15. The van der Waals surface area contributed by atoms with Gasteiger partial charge in [-0.05, 0) is 50.8 Å². The van der Waals surface area contributed by atoms with E-state index in [4.69, 9.17) is 4.74 Å². The topological polar surface area (TPSA) is 21.3 Å². The number of ether oxygens (including phenoxy) is 1. The molecule has 2 heteroatoms. The molecule has 0 unspecified atom stereocenters. The van der Waals surface area contributed by atoms with Crippen LogP contribution in [0.4, 0.5) is 0 Å². The Morgan fingerprint density at radius 1 is 0.944 bits per heavy atom. The molecule has 1 N–H and O–H groups in total. The first-order chi connectivity index (χ1) is 8.93. The summed E-state index contributed by atoms with van der Waals surface area (Å²) in [5, 5.41) is 3.42. The summed E-state index contributed by atoms with van der Waals surface area (Å²) in [6.07, 6.45) is 5.97. The van der Waals surface area contributed by atoms with Crippen LogP contribution in [0.1, 0.15) is 38.2 Å². The molecule has 0 aliphatic carbocycles. The lowest BCUT2D eigenvalue weighted by atomic mass is 10.2. The Bertz CT molecular complexity index is 274. The average Bonchev–Trinajstić information content (AvgIpc) is 2.42. The molecule has 0 amide bonds. The first-order valence-corrected chi connectivity index (χ1v) is 7.26. The van der Waals surface area contributed by atoms with Gasteiger partial charge >= 0.3 is 0 Å². The van der Waals surface area contributed by atoms with Gasteiger partial charge in [-0.15, -0.1) is 0 Å². The second-order valence-corrected chi connectivity index (χ2v) is 4.66. The summed E-state index contributed by atoms with van der Waals surface area (Å²) in [4.78, 5) is 0. The van der Waals surface area contributed by atoms with Crippen molar-refractivity contribution in [3.8, 4) is 0 Å². The van der Waals surface area contributed by atoms with E-state index >= 15 is 0 Å². The highest BCUT2D eigenvalue weighted by molar-refractivity contribution is 5.14. The van der Waals surface area contributed by atoms with Crippen molar-refractivity contribution in [2.45, 2.75) is 39.0 Å². The van der Waals surface area contributed by atoms with Crippen molar-refractivity contribution < 1.29 is 4.74 Å². The molecular weight excluding hydrogens is 222 g/mol. The molecule has 0 aliphatic heterocycles. The molecule has 0 heterocycles. The normalized spacial score (nSPS) is 10.7. The zero-order chi connectivity index (χ0) is 12.9. The van der Waals surface area contributed by atoms with E-state index in [1.807, 2.05) is 0 Å². The molecule has 1 rings (SSSR count). The molecule has 0 spiro atoms. The van der Waals surface area contributed by atoms with Gasteiger partial charge in [-0.25, -0.2) is 0 Å². The zero-order valence-electron chi connectivity index (χ0n) is 11.7. The van der Waals surface area contributed by atoms with E-state index in [0.29, 0.717) is 0 Å². The predicted molar refractivity (Wildman–Crippen MR) is 78.0 cm³/mol. The number of hydrogen-bond acceptors (Lipinski definition) is 2. The van der Waals surface area contributed by atoms with Gasteiger partial charge < -0.3 is 10.1 Å². The van der Waals surface area contributed by atoms with Crippen molar-refractivity contribution in [2.24, 2.45) is 0 Å². The molecule has 0 aliphatic rings. The Balaban J connectivity index is 1.82. The van der Waals surface area contributed by atoms with Gasteiger partial charge in [0.15, 0.2) is 0 Å². The van der Waals surface area contributed by atoms with Crippen molar-refractivity contribution in [2.75, 3.05) is 26.3 Å². The maximum atomic E-state index is 5.64. The van der Waals surface area contributed by atoms with Gasteiger partial charge in [0.25, 0.3) is 0 Å². The fraction of sp³-hybridized carbons (Fsp3) is 0.625. The molecule has 0 atom stereocenters. The summed E-state index contributed by atoms with van der Waals surface area (Å²) >= 11 is 0. The fourth-order valence-corrected chi connectivity index (χ4v) is 1.87. The summed E-state index contributed by atoms with van der Waals surface area (Å²) < 4.78 is 5.64. The molecule has 18 heavy (non-hydrogen) atoms. The van der Waals surface area contributed by atoms with Crippen LogP contribution in [-0.2, 0) is 11.2 Å². The van der Waals surface area contributed by atoms with Crippen LogP contribution in [0.25, 0.3) is 0 Å². The van der Waals surface area contributed by atoms with Crippen LogP contribution in [-0.4, -0.2) is 26.3 Å². The molecule has 0 saturated heterocycles. The smallest absolute Gasteiger partial charge is 0.0506 e. The summed E-state index contributed by atoms with van der Waals surface area (Å²) in [5.41, 5.74) is 1.36. The SMILES string of the molecule is CCCNCCCCCOCCc1ccccc1. The average molecular weight is 249 g/mol. The van der Waals surface area contributed by atoms with E-state index in [1.165, 1.54) is 31.2 Å². The van der Waals surface area contributed by atoms with Crippen molar-refractivity contribution >= 4 is 0 Å². The van der Waals surface area contributed by atoms with Crippen LogP contribution >= 0.6 is 0 Å². The van der Waals surface area contributed by atoms with Gasteiger partial charge in [0.2, 0.25) is 0 Å². The maximum absolute atomic E-state index is 5.64. The molecule has 2 nitrogen and oxygen atoms in total. The number of unbranched alkanes of at least 4 members (excludes halogenated alkanes) is 2. The summed E-state index contributed by atoms with van der Waals surface area (Å²) in [7, 11) is 0. The Morgan fingerprint density at radius 2 is 1.78 bits per heavy atom. The summed E-state index contributed by atoms with van der Waals surface area (Å²) in [6, 6.07) is 10.5. The Morgan fingerprint density at radius 3 is 2.56 bits per heavy atom. The second-order valence-electron chi connectivity index (χ2n) is 4.66. The third kappa shape index (κ3) is 8.26. The molecule has 0 fully saturated rings. The minimum Gasteiger partial charge on any atom is -0.381 e. The fourth-order valence-electron chi connectivity index (χ4n) is 1.87. The Hall–Kier alpha value is -0.860. The van der Waals surface area contributed by atoms with Gasteiger partial charge in [0, 0.05) is 6.61 Å². The lowest BCUT2D eigenvalue weighted by Gasteiger charge is -2.05. The molecule has 0 radical (unpaired) electrons. The van der Waals surface area contributed by atoms with E-state index in [1.54, 1.807) is 0 Å². The molecule has 1 aromatic carbocycles. The predicted octanol–water partition coefficient (Wildman–Crippen LogP) is 3.42. The molecule has 1 aromatic rings. The van der Waals surface area contributed by atoms with Crippen LogP contribution < -0.4 is 5.32 Å². The highest BCUT2D eigenvalue weighted by Gasteiger charge is 1.93. The van der Waals surface area contributed by atoms with Crippen LogP contribution in [0, 0.1) is 0 Å². The minimum absolute atomic E-state index is 0.845. The maximum Gasteiger partial charge on any atom is 0.0506 e. The second kappa shape index (κ2) is 11.2. The standard InChI is InChI=1S/C16H27NO/c1-2-12-17-13-7-4-8-14-18-15-11-16-9-5-3-6-10-16/h3,5-6,9-10,17H,2,4,7-8,11-15H2,1H3. The van der Waals surface area contributed by atoms with Crippen LogP contribution in [0.2, 0.25) is 0 Å². The van der Waals surface area contributed by atoms with Gasteiger partial charge in [-0.3, -0.25) is 0 Å². The monoisotopic (exact) mass is 249 g/mol. The largest absolute Gasteiger partial charge is 0.381 e. The number of nitrogens with one attached hydrogen (secondary N) is 1. The highest BCUT2D eigenvalue weighted by atomic mass is 16.5. The van der Waals surface area contributed by atoms with Gasteiger partial charge in [-0.1, -0.05) is 37.3 Å². The van der Waals surface area contributed by atoms with Crippen molar-refractivity contribution in [3.05, 3.63) is 35.9 Å². The van der Waals surface area contributed by atoms with E-state index in [-0.39, 0.29) is 0 Å². The van der Waals surface area contributed by atoms with E-state index < -0.39 is 0 Å². The molecule has 0 bridgehead atoms. The lowest BCUT2D eigenvalue weighted by molar-refractivity contribution is 0.133. The van der Waals surface area contributed by atoms with Gasteiger partial charge in [0.05, 0.1) is 6.61 Å². The molecular formula is C16H27NO.